The number of hydrogen-bond donors (Lipinski definition) is 0. The fourth-order valence-corrected chi connectivity index (χ4v) is 5.02. The van der Waals surface area contributed by atoms with Crippen molar-refractivity contribution in [2.75, 3.05) is 36.7 Å². The molecule has 0 radical (unpaired) electrons. The molecule has 0 N–H and O–H groups in total. The standard InChI is InChI=1S/C22H28FN3O3S/c1-3-21(26(30(2,28)29)20-11-9-19(23)10-12-20)22(27)25-15-13-24(14-16-25)17-18-7-5-4-6-8-18/h4-12,21H,3,13-17H2,1-2H3/t21-/m1/s1. The van der Waals surface area contributed by atoms with Crippen LogP contribution in [0.4, 0.5) is 10.1 Å². The zero-order valence-corrected chi connectivity index (χ0v) is 18.2. The molecule has 1 amide bonds. The number of hydrogen-bond acceptors (Lipinski definition) is 4. The second-order valence-electron chi connectivity index (χ2n) is 7.55. The van der Waals surface area contributed by atoms with Crippen molar-refractivity contribution in [2.24, 2.45) is 0 Å². The van der Waals surface area contributed by atoms with Crippen molar-refractivity contribution in [3.63, 3.8) is 0 Å². The largest absolute Gasteiger partial charge is 0.338 e. The number of carbonyl (C=O) groups is 1. The lowest BCUT2D eigenvalue weighted by molar-refractivity contribution is -0.134. The van der Waals surface area contributed by atoms with Gasteiger partial charge in [0.05, 0.1) is 11.9 Å². The summed E-state index contributed by atoms with van der Waals surface area (Å²) in [6.07, 6.45) is 1.40. The summed E-state index contributed by atoms with van der Waals surface area (Å²) in [6.45, 7) is 5.16. The molecule has 0 aromatic heterocycles. The van der Waals surface area contributed by atoms with E-state index in [1.165, 1.54) is 29.8 Å². The summed E-state index contributed by atoms with van der Waals surface area (Å²) >= 11 is 0. The van der Waals surface area contributed by atoms with Crippen LogP contribution in [-0.4, -0.2) is 62.6 Å². The zero-order chi connectivity index (χ0) is 21.7. The van der Waals surface area contributed by atoms with Crippen LogP contribution in [0.2, 0.25) is 0 Å². The van der Waals surface area contributed by atoms with Gasteiger partial charge in [-0.2, -0.15) is 0 Å². The fraction of sp³-hybridized carbons (Fsp3) is 0.409. The van der Waals surface area contributed by atoms with Crippen molar-refractivity contribution in [1.29, 1.82) is 0 Å². The molecule has 0 unspecified atom stereocenters. The summed E-state index contributed by atoms with van der Waals surface area (Å²) in [5, 5.41) is 0. The van der Waals surface area contributed by atoms with E-state index in [2.05, 4.69) is 17.0 Å². The SMILES string of the molecule is CC[C@H](C(=O)N1CCN(Cc2ccccc2)CC1)N(c1ccc(F)cc1)S(C)(=O)=O. The van der Waals surface area contributed by atoms with Crippen LogP contribution in [0.15, 0.2) is 54.6 Å². The number of anilines is 1. The molecule has 1 aliphatic rings. The monoisotopic (exact) mass is 433 g/mol. The molecule has 1 atom stereocenters. The van der Waals surface area contributed by atoms with Crippen molar-refractivity contribution in [2.45, 2.75) is 25.9 Å². The Morgan fingerprint density at radius 3 is 2.17 bits per heavy atom. The molecular formula is C22H28FN3O3S. The number of nitrogens with zero attached hydrogens (tertiary/aromatic N) is 3. The second kappa shape index (κ2) is 9.57. The molecule has 2 aromatic carbocycles. The molecule has 8 heteroatoms. The number of amides is 1. The third-order valence-electron chi connectivity index (χ3n) is 5.33. The highest BCUT2D eigenvalue weighted by molar-refractivity contribution is 7.92. The van der Waals surface area contributed by atoms with E-state index in [0.717, 1.165) is 30.2 Å². The Balaban J connectivity index is 1.71. The second-order valence-corrected chi connectivity index (χ2v) is 9.41. The molecule has 0 bridgehead atoms. The minimum absolute atomic E-state index is 0.216. The van der Waals surface area contributed by atoms with E-state index in [1.807, 2.05) is 18.2 Å². The Labute approximate surface area is 177 Å². The van der Waals surface area contributed by atoms with Gasteiger partial charge in [-0.15, -0.1) is 0 Å². The summed E-state index contributed by atoms with van der Waals surface area (Å²) < 4.78 is 39.5. The van der Waals surface area contributed by atoms with Gasteiger partial charge in [0.15, 0.2) is 0 Å². The molecule has 1 heterocycles. The summed E-state index contributed by atoms with van der Waals surface area (Å²) in [6, 6.07) is 14.5. The summed E-state index contributed by atoms with van der Waals surface area (Å²) in [7, 11) is -3.72. The highest BCUT2D eigenvalue weighted by atomic mass is 32.2. The Hall–Kier alpha value is -2.45. The third kappa shape index (κ3) is 5.37. The molecule has 2 aromatic rings. The average molecular weight is 434 g/mol. The van der Waals surface area contributed by atoms with Crippen molar-refractivity contribution < 1.29 is 17.6 Å². The predicted molar refractivity (Wildman–Crippen MR) is 116 cm³/mol. The predicted octanol–water partition coefficient (Wildman–Crippen LogP) is 2.71. The van der Waals surface area contributed by atoms with Crippen LogP contribution in [0, 0.1) is 5.82 Å². The number of rotatable bonds is 7. The normalized spacial score (nSPS) is 16.3. The Morgan fingerprint density at radius 2 is 1.63 bits per heavy atom. The van der Waals surface area contributed by atoms with Crippen LogP contribution in [0.5, 0.6) is 0 Å². The van der Waals surface area contributed by atoms with Crippen molar-refractivity contribution in [3.8, 4) is 0 Å². The Kier molecular flexibility index (Phi) is 7.10. The van der Waals surface area contributed by atoms with Gasteiger partial charge in [0.25, 0.3) is 0 Å². The lowest BCUT2D eigenvalue weighted by atomic mass is 10.1. The molecule has 0 aliphatic carbocycles. The Morgan fingerprint density at radius 1 is 1.03 bits per heavy atom. The van der Waals surface area contributed by atoms with Gasteiger partial charge < -0.3 is 4.90 Å². The first-order valence-corrected chi connectivity index (χ1v) is 11.9. The van der Waals surface area contributed by atoms with Crippen LogP contribution in [0.3, 0.4) is 0 Å². The molecule has 1 aliphatic heterocycles. The van der Waals surface area contributed by atoms with Gasteiger partial charge in [-0.1, -0.05) is 37.3 Å². The van der Waals surface area contributed by atoms with Gasteiger partial charge in [-0.05, 0) is 36.2 Å². The van der Waals surface area contributed by atoms with E-state index >= 15 is 0 Å². The topological polar surface area (TPSA) is 60.9 Å². The van der Waals surface area contributed by atoms with Gasteiger partial charge in [-0.25, -0.2) is 12.8 Å². The number of piperazine rings is 1. The summed E-state index contributed by atoms with van der Waals surface area (Å²) in [5.74, 6) is -0.673. The number of halogens is 1. The first-order valence-electron chi connectivity index (χ1n) is 10.1. The van der Waals surface area contributed by atoms with Gasteiger partial charge in [0.1, 0.15) is 11.9 Å². The van der Waals surface area contributed by atoms with Crippen LogP contribution < -0.4 is 4.31 Å². The van der Waals surface area contributed by atoms with Crippen molar-refractivity contribution >= 4 is 21.6 Å². The maximum Gasteiger partial charge on any atom is 0.246 e. The molecule has 1 saturated heterocycles. The van der Waals surface area contributed by atoms with Gasteiger partial charge in [0.2, 0.25) is 15.9 Å². The van der Waals surface area contributed by atoms with E-state index in [1.54, 1.807) is 11.8 Å². The molecular weight excluding hydrogens is 405 g/mol. The summed E-state index contributed by atoms with van der Waals surface area (Å²) in [5.41, 5.74) is 1.52. The van der Waals surface area contributed by atoms with Gasteiger partial charge in [-0.3, -0.25) is 14.0 Å². The lowest BCUT2D eigenvalue weighted by Crippen LogP contribution is -2.55. The summed E-state index contributed by atoms with van der Waals surface area (Å²) in [4.78, 5) is 17.3. The molecule has 3 rings (SSSR count). The molecule has 162 valence electrons. The molecule has 30 heavy (non-hydrogen) atoms. The first-order chi connectivity index (χ1) is 14.3. The lowest BCUT2D eigenvalue weighted by Gasteiger charge is -2.39. The third-order valence-corrected chi connectivity index (χ3v) is 6.51. The number of carbonyl (C=O) groups excluding carboxylic acids is 1. The minimum Gasteiger partial charge on any atom is -0.338 e. The fourth-order valence-electron chi connectivity index (χ4n) is 3.81. The molecule has 0 saturated carbocycles. The van der Waals surface area contributed by atoms with E-state index in [-0.39, 0.29) is 5.91 Å². The van der Waals surface area contributed by atoms with Crippen molar-refractivity contribution in [3.05, 3.63) is 66.0 Å². The van der Waals surface area contributed by atoms with Crippen LogP contribution in [0.25, 0.3) is 0 Å². The van der Waals surface area contributed by atoms with E-state index in [0.29, 0.717) is 25.2 Å². The van der Waals surface area contributed by atoms with Gasteiger partial charge in [0, 0.05) is 32.7 Å². The van der Waals surface area contributed by atoms with Crippen LogP contribution in [-0.2, 0) is 21.4 Å². The van der Waals surface area contributed by atoms with E-state index in [9.17, 15) is 17.6 Å². The molecule has 0 spiro atoms. The minimum atomic E-state index is -3.72. The highest BCUT2D eigenvalue weighted by Crippen LogP contribution is 2.24. The smallest absolute Gasteiger partial charge is 0.246 e. The number of sulfonamides is 1. The average Bonchev–Trinajstić information content (AvgIpc) is 2.73. The maximum atomic E-state index is 13.3. The van der Waals surface area contributed by atoms with Gasteiger partial charge >= 0.3 is 0 Å². The quantitative estimate of drug-likeness (QED) is 0.674. The van der Waals surface area contributed by atoms with Crippen LogP contribution in [0.1, 0.15) is 18.9 Å². The zero-order valence-electron chi connectivity index (χ0n) is 17.4. The van der Waals surface area contributed by atoms with E-state index in [4.69, 9.17) is 0 Å². The maximum absolute atomic E-state index is 13.3. The highest BCUT2D eigenvalue weighted by Gasteiger charge is 2.35. The molecule has 6 nitrogen and oxygen atoms in total. The van der Waals surface area contributed by atoms with Crippen molar-refractivity contribution in [1.82, 2.24) is 9.80 Å². The Bertz CT molecular complexity index is 943. The number of benzene rings is 2. The van der Waals surface area contributed by atoms with E-state index < -0.39 is 21.9 Å². The molecule has 1 fully saturated rings. The first kappa shape index (κ1) is 22.2. The van der Waals surface area contributed by atoms with Crippen LogP contribution >= 0.6 is 0 Å².